The minimum Gasteiger partial charge on any atom is -0.382 e. The summed E-state index contributed by atoms with van der Waals surface area (Å²) >= 11 is 0. The highest BCUT2D eigenvalue weighted by Gasteiger charge is 2.14. The zero-order valence-electron chi connectivity index (χ0n) is 8.16. The topological polar surface area (TPSA) is 29.9 Å². The first-order chi connectivity index (χ1) is 6.34. The molecule has 1 heterocycles. The molecule has 1 aromatic heterocycles. The Bertz CT molecular complexity index is 261. The third-order valence-electron chi connectivity index (χ3n) is 2.77. The number of aryl methyl sites for hydroxylation is 1. The summed E-state index contributed by atoms with van der Waals surface area (Å²) in [5, 5.41) is 7.54. The highest BCUT2D eigenvalue weighted by atomic mass is 15.3. The molecule has 0 bridgehead atoms. The lowest BCUT2D eigenvalue weighted by atomic mass is 10.1. The molecule has 0 aromatic carbocycles. The van der Waals surface area contributed by atoms with Gasteiger partial charge in [0.05, 0.1) is 11.9 Å². The first kappa shape index (κ1) is 8.60. The van der Waals surface area contributed by atoms with E-state index < -0.39 is 0 Å². The molecular formula is C10H17N3. The molecule has 0 amide bonds. The fourth-order valence-corrected chi connectivity index (χ4v) is 1.99. The van der Waals surface area contributed by atoms with Crippen LogP contribution in [0.25, 0.3) is 0 Å². The summed E-state index contributed by atoms with van der Waals surface area (Å²) in [4.78, 5) is 0. The summed E-state index contributed by atoms with van der Waals surface area (Å²) in [7, 11) is 1.95. The van der Waals surface area contributed by atoms with Crippen LogP contribution in [0.1, 0.15) is 25.7 Å². The van der Waals surface area contributed by atoms with Crippen molar-refractivity contribution in [2.45, 2.75) is 25.7 Å². The number of nitrogens with one attached hydrogen (secondary N) is 1. The van der Waals surface area contributed by atoms with Crippen LogP contribution < -0.4 is 5.32 Å². The molecular weight excluding hydrogens is 162 g/mol. The highest BCUT2D eigenvalue weighted by Crippen LogP contribution is 2.24. The number of rotatable bonds is 3. The first-order valence-electron chi connectivity index (χ1n) is 5.07. The summed E-state index contributed by atoms with van der Waals surface area (Å²) < 4.78 is 1.83. The predicted molar refractivity (Wildman–Crippen MR) is 53.7 cm³/mol. The molecule has 0 saturated heterocycles. The van der Waals surface area contributed by atoms with Crippen molar-refractivity contribution in [2.24, 2.45) is 13.0 Å². The van der Waals surface area contributed by atoms with Gasteiger partial charge >= 0.3 is 0 Å². The molecule has 1 saturated carbocycles. The van der Waals surface area contributed by atoms with Crippen molar-refractivity contribution in [3.63, 3.8) is 0 Å². The zero-order valence-corrected chi connectivity index (χ0v) is 8.16. The summed E-state index contributed by atoms with van der Waals surface area (Å²) in [6, 6.07) is 0. The number of aromatic nitrogens is 2. The van der Waals surface area contributed by atoms with Gasteiger partial charge in [-0.05, 0) is 18.8 Å². The van der Waals surface area contributed by atoms with E-state index in [-0.39, 0.29) is 0 Å². The molecule has 0 unspecified atom stereocenters. The normalized spacial score (nSPS) is 17.9. The molecule has 1 aliphatic carbocycles. The lowest BCUT2D eigenvalue weighted by Gasteiger charge is -2.09. The van der Waals surface area contributed by atoms with Gasteiger partial charge in [0.1, 0.15) is 0 Å². The Morgan fingerprint density at radius 1 is 1.54 bits per heavy atom. The number of nitrogens with zero attached hydrogens (tertiary/aromatic N) is 2. The van der Waals surface area contributed by atoms with Crippen LogP contribution >= 0.6 is 0 Å². The number of hydrogen-bond acceptors (Lipinski definition) is 2. The number of hydrogen-bond donors (Lipinski definition) is 1. The molecule has 3 heteroatoms. The van der Waals surface area contributed by atoms with E-state index in [1.165, 1.54) is 25.7 Å². The number of anilines is 1. The monoisotopic (exact) mass is 179 g/mol. The minimum absolute atomic E-state index is 0.889. The summed E-state index contributed by atoms with van der Waals surface area (Å²) in [5.41, 5.74) is 1.15. The zero-order chi connectivity index (χ0) is 9.10. The van der Waals surface area contributed by atoms with Crippen molar-refractivity contribution in [3.8, 4) is 0 Å². The molecule has 0 atom stereocenters. The molecule has 72 valence electrons. The Morgan fingerprint density at radius 2 is 2.31 bits per heavy atom. The molecule has 0 radical (unpaired) electrons. The first-order valence-corrected chi connectivity index (χ1v) is 5.07. The second-order valence-electron chi connectivity index (χ2n) is 3.93. The second-order valence-corrected chi connectivity index (χ2v) is 3.93. The van der Waals surface area contributed by atoms with Crippen molar-refractivity contribution in [2.75, 3.05) is 11.9 Å². The summed E-state index contributed by atoms with van der Waals surface area (Å²) in [6.07, 6.45) is 9.53. The van der Waals surface area contributed by atoms with Gasteiger partial charge < -0.3 is 5.32 Å². The van der Waals surface area contributed by atoms with Gasteiger partial charge in [-0.3, -0.25) is 4.68 Å². The SMILES string of the molecule is Cn1cc(NCC2CCCC2)cn1. The van der Waals surface area contributed by atoms with E-state index in [0.717, 1.165) is 18.2 Å². The minimum atomic E-state index is 0.889. The van der Waals surface area contributed by atoms with Gasteiger partial charge in [-0.2, -0.15) is 5.10 Å². The molecule has 2 rings (SSSR count). The van der Waals surface area contributed by atoms with Crippen LogP contribution in [0, 0.1) is 5.92 Å². The Morgan fingerprint density at radius 3 is 2.92 bits per heavy atom. The second kappa shape index (κ2) is 3.81. The maximum Gasteiger partial charge on any atom is 0.0726 e. The quantitative estimate of drug-likeness (QED) is 0.769. The van der Waals surface area contributed by atoms with Crippen molar-refractivity contribution in [1.29, 1.82) is 0 Å². The third kappa shape index (κ3) is 2.23. The van der Waals surface area contributed by atoms with Gasteiger partial charge in [0.15, 0.2) is 0 Å². The highest BCUT2D eigenvalue weighted by molar-refractivity contribution is 5.37. The fourth-order valence-electron chi connectivity index (χ4n) is 1.99. The van der Waals surface area contributed by atoms with E-state index in [9.17, 15) is 0 Å². The lowest BCUT2D eigenvalue weighted by molar-refractivity contribution is 0.580. The molecule has 0 aliphatic heterocycles. The summed E-state index contributed by atoms with van der Waals surface area (Å²) in [6.45, 7) is 1.12. The van der Waals surface area contributed by atoms with Crippen molar-refractivity contribution >= 4 is 5.69 Å². The van der Waals surface area contributed by atoms with E-state index in [1.807, 2.05) is 24.1 Å². The maximum absolute atomic E-state index is 4.12. The predicted octanol–water partition coefficient (Wildman–Crippen LogP) is 2.02. The van der Waals surface area contributed by atoms with Crippen molar-refractivity contribution in [1.82, 2.24) is 9.78 Å². The molecule has 1 fully saturated rings. The van der Waals surface area contributed by atoms with Crippen molar-refractivity contribution in [3.05, 3.63) is 12.4 Å². The van der Waals surface area contributed by atoms with Crippen LogP contribution in [-0.4, -0.2) is 16.3 Å². The Kier molecular flexibility index (Phi) is 2.52. The molecule has 0 spiro atoms. The van der Waals surface area contributed by atoms with Gasteiger partial charge in [-0.15, -0.1) is 0 Å². The largest absolute Gasteiger partial charge is 0.382 e. The van der Waals surface area contributed by atoms with E-state index in [2.05, 4.69) is 10.4 Å². The van der Waals surface area contributed by atoms with Gasteiger partial charge in [0.2, 0.25) is 0 Å². The van der Waals surface area contributed by atoms with Gasteiger partial charge in [0.25, 0.3) is 0 Å². The van der Waals surface area contributed by atoms with Crippen LogP contribution in [0.2, 0.25) is 0 Å². The standard InChI is InChI=1S/C10H17N3/c1-13-8-10(7-12-13)11-6-9-4-2-3-5-9/h7-9,11H,2-6H2,1H3. The van der Waals surface area contributed by atoms with Crippen LogP contribution in [0.15, 0.2) is 12.4 Å². The van der Waals surface area contributed by atoms with Gasteiger partial charge in [0, 0.05) is 19.8 Å². The lowest BCUT2D eigenvalue weighted by Crippen LogP contribution is -2.10. The van der Waals surface area contributed by atoms with Gasteiger partial charge in [-0.25, -0.2) is 0 Å². The van der Waals surface area contributed by atoms with E-state index in [0.29, 0.717) is 0 Å². The van der Waals surface area contributed by atoms with Crippen molar-refractivity contribution < 1.29 is 0 Å². The van der Waals surface area contributed by atoms with Crippen LogP contribution in [0.5, 0.6) is 0 Å². The van der Waals surface area contributed by atoms with E-state index in [4.69, 9.17) is 0 Å². The molecule has 3 nitrogen and oxygen atoms in total. The van der Waals surface area contributed by atoms with E-state index >= 15 is 0 Å². The fraction of sp³-hybridized carbons (Fsp3) is 0.700. The smallest absolute Gasteiger partial charge is 0.0726 e. The average Bonchev–Trinajstić information content (AvgIpc) is 2.71. The third-order valence-corrected chi connectivity index (χ3v) is 2.77. The van der Waals surface area contributed by atoms with Gasteiger partial charge in [-0.1, -0.05) is 12.8 Å². The maximum atomic E-state index is 4.12. The van der Waals surface area contributed by atoms with Crippen LogP contribution in [0.4, 0.5) is 5.69 Å². The molecule has 1 aromatic rings. The Labute approximate surface area is 79.1 Å². The van der Waals surface area contributed by atoms with Crippen LogP contribution in [0.3, 0.4) is 0 Å². The van der Waals surface area contributed by atoms with Crippen LogP contribution in [-0.2, 0) is 7.05 Å². The molecule has 13 heavy (non-hydrogen) atoms. The Balaban J connectivity index is 1.78. The molecule has 1 aliphatic rings. The Hall–Kier alpha value is -0.990. The van der Waals surface area contributed by atoms with E-state index in [1.54, 1.807) is 0 Å². The summed E-state index contributed by atoms with van der Waals surface area (Å²) in [5.74, 6) is 0.889. The average molecular weight is 179 g/mol. The molecule has 1 N–H and O–H groups in total.